The lowest BCUT2D eigenvalue weighted by atomic mass is 9.89. The summed E-state index contributed by atoms with van der Waals surface area (Å²) in [6, 6.07) is 16.9. The molecule has 1 heterocycles. The quantitative estimate of drug-likeness (QED) is 0.521. The molecule has 2 aromatic rings. The Labute approximate surface area is 178 Å². The van der Waals surface area contributed by atoms with Crippen molar-refractivity contribution in [2.45, 2.75) is 38.6 Å². The summed E-state index contributed by atoms with van der Waals surface area (Å²) in [6.07, 6.45) is 2.00. The highest BCUT2D eigenvalue weighted by atomic mass is 35.5. The first kappa shape index (κ1) is 22.9. The summed E-state index contributed by atoms with van der Waals surface area (Å²) >= 11 is 5.91. The molecular weight excluding hydrogens is 384 g/mol. The van der Waals surface area contributed by atoms with Crippen LogP contribution in [-0.2, 0) is 4.79 Å². The van der Waals surface area contributed by atoms with Crippen LogP contribution in [0.3, 0.4) is 0 Å². The highest BCUT2D eigenvalue weighted by molar-refractivity contribution is 6.30. The number of amidine groups is 1. The van der Waals surface area contributed by atoms with Crippen molar-refractivity contribution in [2.75, 3.05) is 13.1 Å². The van der Waals surface area contributed by atoms with Crippen LogP contribution in [0, 0.1) is 11.3 Å². The van der Waals surface area contributed by atoms with Crippen LogP contribution >= 0.6 is 11.6 Å². The average Bonchev–Trinajstić information content (AvgIpc) is 2.74. The molecule has 0 aliphatic carbocycles. The molecule has 1 fully saturated rings. The van der Waals surface area contributed by atoms with Gasteiger partial charge in [-0.2, -0.15) is 0 Å². The highest BCUT2D eigenvalue weighted by Crippen LogP contribution is 2.29. The zero-order valence-corrected chi connectivity index (χ0v) is 17.9. The van der Waals surface area contributed by atoms with Gasteiger partial charge in [0.1, 0.15) is 5.84 Å². The number of carbonyl (C=O) groups excluding carboxylic acids is 1. The number of piperidine rings is 1. The normalized spacial score (nSPS) is 15.4. The van der Waals surface area contributed by atoms with E-state index in [0.29, 0.717) is 5.92 Å². The molecule has 6 heteroatoms. The van der Waals surface area contributed by atoms with Crippen molar-refractivity contribution in [3.63, 3.8) is 0 Å². The minimum absolute atomic E-state index is 0.0922. The van der Waals surface area contributed by atoms with Gasteiger partial charge in [-0.3, -0.25) is 10.2 Å². The maximum Gasteiger partial charge on any atom is 0.239 e. The SMILES string of the molecule is CC(C)C(N)C(=O)N1CCC(c2ccc(Cl)cc2)CC1.N=C(N)c1ccccc1. The molecule has 1 aliphatic rings. The fraction of sp³-hybridized carbons (Fsp3) is 0.391. The molecule has 1 saturated heterocycles. The number of halogens is 1. The van der Waals surface area contributed by atoms with Gasteiger partial charge < -0.3 is 16.4 Å². The van der Waals surface area contributed by atoms with E-state index in [-0.39, 0.29) is 23.7 Å². The first-order valence-electron chi connectivity index (χ1n) is 9.99. The highest BCUT2D eigenvalue weighted by Gasteiger charge is 2.28. The van der Waals surface area contributed by atoms with Gasteiger partial charge in [0.25, 0.3) is 0 Å². The molecule has 29 heavy (non-hydrogen) atoms. The summed E-state index contributed by atoms with van der Waals surface area (Å²) in [5.74, 6) is 0.924. The smallest absolute Gasteiger partial charge is 0.239 e. The minimum Gasteiger partial charge on any atom is -0.384 e. The predicted octanol–water partition coefficient (Wildman–Crippen LogP) is 4.00. The third-order valence-electron chi connectivity index (χ3n) is 5.24. The molecule has 0 bridgehead atoms. The van der Waals surface area contributed by atoms with E-state index in [2.05, 4.69) is 12.1 Å². The molecule has 0 radical (unpaired) electrons. The monoisotopic (exact) mass is 414 g/mol. The lowest BCUT2D eigenvalue weighted by Gasteiger charge is -2.34. The molecular formula is C23H31ClN4O. The van der Waals surface area contributed by atoms with E-state index in [0.717, 1.165) is 36.5 Å². The van der Waals surface area contributed by atoms with Gasteiger partial charge in [-0.05, 0) is 42.4 Å². The molecule has 3 rings (SSSR count). The summed E-state index contributed by atoms with van der Waals surface area (Å²) in [4.78, 5) is 14.1. The fourth-order valence-electron chi connectivity index (χ4n) is 3.28. The number of amides is 1. The Balaban J connectivity index is 0.000000278. The van der Waals surface area contributed by atoms with Gasteiger partial charge in [0.05, 0.1) is 6.04 Å². The van der Waals surface area contributed by atoms with Crippen molar-refractivity contribution in [3.05, 3.63) is 70.7 Å². The molecule has 2 aromatic carbocycles. The van der Waals surface area contributed by atoms with Gasteiger partial charge in [0, 0.05) is 23.7 Å². The zero-order chi connectivity index (χ0) is 21.4. The summed E-state index contributed by atoms with van der Waals surface area (Å²) in [5, 5.41) is 7.78. The van der Waals surface area contributed by atoms with Crippen molar-refractivity contribution >= 4 is 23.3 Å². The Bertz CT molecular complexity index is 784. The van der Waals surface area contributed by atoms with Crippen LogP contribution in [0.1, 0.15) is 43.7 Å². The molecule has 1 amide bonds. The Morgan fingerprint density at radius 1 is 1.07 bits per heavy atom. The Morgan fingerprint density at radius 2 is 1.62 bits per heavy atom. The Morgan fingerprint density at radius 3 is 2.07 bits per heavy atom. The second kappa shape index (κ2) is 11.0. The molecule has 0 aromatic heterocycles. The first-order chi connectivity index (χ1) is 13.8. The number of hydrogen-bond donors (Lipinski definition) is 3. The van der Waals surface area contributed by atoms with Crippen LogP contribution in [0.4, 0.5) is 0 Å². The van der Waals surface area contributed by atoms with Crippen LogP contribution in [0.25, 0.3) is 0 Å². The van der Waals surface area contributed by atoms with E-state index in [9.17, 15) is 4.79 Å². The van der Waals surface area contributed by atoms with Crippen molar-refractivity contribution < 1.29 is 4.79 Å². The van der Waals surface area contributed by atoms with E-state index < -0.39 is 0 Å². The van der Waals surface area contributed by atoms with Crippen LogP contribution < -0.4 is 11.5 Å². The van der Waals surface area contributed by atoms with Gasteiger partial charge in [-0.25, -0.2) is 0 Å². The minimum atomic E-state index is -0.373. The third kappa shape index (κ3) is 6.87. The molecule has 1 atom stereocenters. The maximum absolute atomic E-state index is 12.2. The van der Waals surface area contributed by atoms with Crippen molar-refractivity contribution in [1.29, 1.82) is 5.41 Å². The van der Waals surface area contributed by atoms with Gasteiger partial charge in [-0.1, -0.05) is 67.9 Å². The van der Waals surface area contributed by atoms with E-state index in [1.54, 1.807) is 0 Å². The largest absolute Gasteiger partial charge is 0.384 e. The summed E-state index contributed by atoms with van der Waals surface area (Å²) < 4.78 is 0. The van der Waals surface area contributed by atoms with E-state index >= 15 is 0 Å². The summed E-state index contributed by atoms with van der Waals surface area (Å²) in [6.45, 7) is 5.57. The zero-order valence-electron chi connectivity index (χ0n) is 17.1. The number of rotatable bonds is 4. The fourth-order valence-corrected chi connectivity index (χ4v) is 3.41. The van der Waals surface area contributed by atoms with Crippen LogP contribution in [0.5, 0.6) is 0 Å². The molecule has 1 aliphatic heterocycles. The average molecular weight is 415 g/mol. The number of carbonyl (C=O) groups is 1. The third-order valence-corrected chi connectivity index (χ3v) is 5.49. The Hall–Kier alpha value is -2.37. The molecule has 0 saturated carbocycles. The second-order valence-corrected chi connectivity index (χ2v) is 8.14. The number of benzene rings is 2. The molecule has 0 spiro atoms. The van der Waals surface area contributed by atoms with Crippen molar-refractivity contribution in [3.8, 4) is 0 Å². The van der Waals surface area contributed by atoms with Crippen LogP contribution in [0.15, 0.2) is 54.6 Å². The Kier molecular flexibility index (Phi) is 8.68. The predicted molar refractivity (Wildman–Crippen MR) is 120 cm³/mol. The molecule has 5 N–H and O–H groups in total. The van der Waals surface area contributed by atoms with Crippen LogP contribution in [0.2, 0.25) is 5.02 Å². The topological polar surface area (TPSA) is 96.2 Å². The standard InChI is InChI=1S/C16H23ClN2O.C7H8N2/c1-11(2)15(18)16(20)19-9-7-13(8-10-19)12-3-5-14(17)6-4-12;8-7(9)6-4-2-1-3-5-6/h3-6,11,13,15H,7-10,18H2,1-2H3;1-5H,(H3,8,9). The van der Waals surface area contributed by atoms with Gasteiger partial charge in [0.15, 0.2) is 0 Å². The summed E-state index contributed by atoms with van der Waals surface area (Å²) in [5.41, 5.74) is 13.2. The van der Waals surface area contributed by atoms with E-state index in [4.69, 9.17) is 28.5 Å². The van der Waals surface area contributed by atoms with E-state index in [1.165, 1.54) is 5.56 Å². The first-order valence-corrected chi connectivity index (χ1v) is 10.4. The lowest BCUT2D eigenvalue weighted by Crippen LogP contribution is -2.49. The van der Waals surface area contributed by atoms with Gasteiger partial charge in [0.2, 0.25) is 5.91 Å². The number of nitrogens with one attached hydrogen (secondary N) is 1. The number of nitrogen functional groups attached to an aromatic ring is 1. The van der Waals surface area contributed by atoms with Gasteiger partial charge in [-0.15, -0.1) is 0 Å². The second-order valence-electron chi connectivity index (χ2n) is 7.70. The summed E-state index contributed by atoms with van der Waals surface area (Å²) in [7, 11) is 0. The van der Waals surface area contributed by atoms with Gasteiger partial charge >= 0.3 is 0 Å². The molecule has 156 valence electrons. The molecule has 5 nitrogen and oxygen atoms in total. The maximum atomic E-state index is 12.2. The van der Waals surface area contributed by atoms with Crippen LogP contribution in [-0.4, -0.2) is 35.8 Å². The van der Waals surface area contributed by atoms with E-state index in [1.807, 2.05) is 61.2 Å². The lowest BCUT2D eigenvalue weighted by molar-refractivity contribution is -0.134. The molecule has 1 unspecified atom stereocenters. The number of nitrogens with two attached hydrogens (primary N) is 2. The van der Waals surface area contributed by atoms with Crippen molar-refractivity contribution in [1.82, 2.24) is 4.90 Å². The number of hydrogen-bond acceptors (Lipinski definition) is 3. The number of nitrogens with zero attached hydrogens (tertiary/aromatic N) is 1. The van der Waals surface area contributed by atoms with Crippen molar-refractivity contribution in [2.24, 2.45) is 17.4 Å². The number of likely N-dealkylation sites (tertiary alicyclic amines) is 1.